The molecule has 1 heterocycles. The van der Waals surface area contributed by atoms with Crippen LogP contribution in [0.3, 0.4) is 0 Å². The van der Waals surface area contributed by atoms with E-state index in [-0.39, 0.29) is 22.4 Å². The van der Waals surface area contributed by atoms with Crippen LogP contribution in [0.1, 0.15) is 32.3 Å². The Kier molecular flexibility index (Phi) is 6.11. The molecule has 0 saturated carbocycles. The summed E-state index contributed by atoms with van der Waals surface area (Å²) in [4.78, 5) is 28.7. The van der Waals surface area contributed by atoms with Crippen LogP contribution in [0.5, 0.6) is 0 Å². The van der Waals surface area contributed by atoms with E-state index >= 15 is 0 Å². The standard InChI is InChI=1S/C23H19BFN3O4/c25-18-8-5-15(6-9-18)21(12-28-14-26-20-3-1-2-4-22(20)28)27-23(30)16-7-10-19(24(31)32)17(11-16)13-29/h1-11,13-14,21,31-32H,12H2,(H,27,30). The number of aldehydes is 1. The number of imidazole rings is 1. The van der Waals surface area contributed by atoms with Crippen molar-refractivity contribution in [2.24, 2.45) is 0 Å². The summed E-state index contributed by atoms with van der Waals surface area (Å²) < 4.78 is 15.4. The van der Waals surface area contributed by atoms with Gasteiger partial charge >= 0.3 is 7.12 Å². The van der Waals surface area contributed by atoms with Crippen LogP contribution in [0.4, 0.5) is 4.39 Å². The first-order chi connectivity index (χ1) is 15.5. The molecule has 1 aromatic heterocycles. The third-order valence-electron chi connectivity index (χ3n) is 5.24. The molecule has 3 aromatic carbocycles. The SMILES string of the molecule is O=Cc1cc(C(=O)NC(Cn2cnc3ccccc32)c2ccc(F)cc2)ccc1B(O)O. The van der Waals surface area contributed by atoms with Crippen molar-refractivity contribution < 1.29 is 24.0 Å². The minimum Gasteiger partial charge on any atom is -0.423 e. The molecular formula is C23H19BFN3O4. The van der Waals surface area contributed by atoms with Gasteiger partial charge in [-0.3, -0.25) is 9.59 Å². The van der Waals surface area contributed by atoms with Crippen molar-refractivity contribution in [1.82, 2.24) is 14.9 Å². The van der Waals surface area contributed by atoms with Gasteiger partial charge in [0.05, 0.1) is 23.4 Å². The Morgan fingerprint density at radius 1 is 1.12 bits per heavy atom. The van der Waals surface area contributed by atoms with Gasteiger partial charge in [-0.2, -0.15) is 0 Å². The van der Waals surface area contributed by atoms with Crippen LogP contribution in [0, 0.1) is 5.82 Å². The lowest BCUT2D eigenvalue weighted by molar-refractivity contribution is 0.0933. The number of hydrogen-bond donors (Lipinski definition) is 3. The monoisotopic (exact) mass is 431 g/mol. The fourth-order valence-corrected chi connectivity index (χ4v) is 3.58. The van der Waals surface area contributed by atoms with E-state index in [4.69, 9.17) is 0 Å². The van der Waals surface area contributed by atoms with Gasteiger partial charge in [0.15, 0.2) is 0 Å². The molecular weight excluding hydrogens is 412 g/mol. The molecule has 32 heavy (non-hydrogen) atoms. The van der Waals surface area contributed by atoms with Crippen molar-refractivity contribution >= 4 is 35.8 Å². The summed E-state index contributed by atoms with van der Waals surface area (Å²) in [6, 6.07) is 16.9. The van der Waals surface area contributed by atoms with Crippen molar-refractivity contribution in [3.63, 3.8) is 0 Å². The van der Waals surface area contributed by atoms with Crippen LogP contribution in [0.25, 0.3) is 11.0 Å². The number of hydrogen-bond acceptors (Lipinski definition) is 5. The molecule has 160 valence electrons. The highest BCUT2D eigenvalue weighted by atomic mass is 19.1. The number of benzene rings is 3. The van der Waals surface area contributed by atoms with Crippen molar-refractivity contribution in [2.45, 2.75) is 12.6 Å². The summed E-state index contributed by atoms with van der Waals surface area (Å²) in [5, 5.41) is 21.7. The number of carbonyl (C=O) groups is 2. The quantitative estimate of drug-likeness (QED) is 0.306. The molecule has 4 aromatic rings. The Morgan fingerprint density at radius 3 is 2.59 bits per heavy atom. The molecule has 1 atom stereocenters. The second-order valence-corrected chi connectivity index (χ2v) is 7.30. The third kappa shape index (κ3) is 4.44. The molecule has 9 heteroatoms. The van der Waals surface area contributed by atoms with Gasteiger partial charge < -0.3 is 19.9 Å². The van der Waals surface area contributed by atoms with Crippen molar-refractivity contribution in [3.8, 4) is 0 Å². The first-order valence-electron chi connectivity index (χ1n) is 9.87. The summed E-state index contributed by atoms with van der Waals surface area (Å²) in [6.07, 6.45) is 2.13. The molecule has 1 amide bonds. The lowest BCUT2D eigenvalue weighted by Crippen LogP contribution is -2.35. The second kappa shape index (κ2) is 9.13. The Morgan fingerprint density at radius 2 is 1.88 bits per heavy atom. The van der Waals surface area contributed by atoms with Gasteiger partial charge in [0.2, 0.25) is 0 Å². The largest absolute Gasteiger partial charge is 0.489 e. The molecule has 0 aliphatic heterocycles. The maximum absolute atomic E-state index is 13.5. The zero-order valence-corrected chi connectivity index (χ0v) is 16.9. The van der Waals surface area contributed by atoms with Gasteiger partial charge in [-0.1, -0.05) is 30.3 Å². The lowest BCUT2D eigenvalue weighted by atomic mass is 9.77. The van der Waals surface area contributed by atoms with E-state index < -0.39 is 19.1 Å². The molecule has 3 N–H and O–H groups in total. The molecule has 0 saturated heterocycles. The second-order valence-electron chi connectivity index (χ2n) is 7.30. The predicted octanol–water partition coefficient (Wildman–Crippen LogP) is 1.84. The van der Waals surface area contributed by atoms with E-state index in [1.165, 1.54) is 30.3 Å². The average Bonchev–Trinajstić information content (AvgIpc) is 3.21. The van der Waals surface area contributed by atoms with E-state index in [0.717, 1.165) is 11.0 Å². The number of halogens is 1. The highest BCUT2D eigenvalue weighted by Crippen LogP contribution is 2.20. The Hall–Kier alpha value is -3.82. The summed E-state index contributed by atoms with van der Waals surface area (Å²) >= 11 is 0. The Bertz CT molecular complexity index is 1270. The van der Waals surface area contributed by atoms with Gasteiger partial charge in [0, 0.05) is 17.7 Å². The molecule has 7 nitrogen and oxygen atoms in total. The van der Waals surface area contributed by atoms with E-state index in [9.17, 15) is 24.0 Å². The normalized spacial score (nSPS) is 11.8. The maximum Gasteiger partial charge on any atom is 0.489 e. The summed E-state index contributed by atoms with van der Waals surface area (Å²) in [7, 11) is -1.83. The number of amides is 1. The van der Waals surface area contributed by atoms with Crippen LogP contribution in [0.15, 0.2) is 73.1 Å². The molecule has 0 fully saturated rings. The van der Waals surface area contributed by atoms with Crippen LogP contribution < -0.4 is 10.8 Å². The molecule has 0 aliphatic carbocycles. The number of fused-ring (bicyclic) bond motifs is 1. The summed E-state index contributed by atoms with van der Waals surface area (Å²) in [5.41, 5.74) is 2.58. The minimum atomic E-state index is -1.83. The maximum atomic E-state index is 13.5. The van der Waals surface area contributed by atoms with Crippen LogP contribution in [-0.4, -0.2) is 38.9 Å². The van der Waals surface area contributed by atoms with E-state index in [0.29, 0.717) is 18.4 Å². The van der Waals surface area contributed by atoms with Gasteiger partial charge in [-0.05, 0) is 47.4 Å². The first kappa shape index (κ1) is 21.4. The fraction of sp³-hybridized carbons (Fsp3) is 0.0870. The first-order valence-corrected chi connectivity index (χ1v) is 9.87. The highest BCUT2D eigenvalue weighted by Gasteiger charge is 2.21. The van der Waals surface area contributed by atoms with E-state index in [1.54, 1.807) is 18.5 Å². The predicted molar refractivity (Wildman–Crippen MR) is 118 cm³/mol. The lowest BCUT2D eigenvalue weighted by Gasteiger charge is -2.21. The van der Waals surface area contributed by atoms with Gasteiger partial charge in [0.1, 0.15) is 12.1 Å². The summed E-state index contributed by atoms with van der Waals surface area (Å²) in [6.45, 7) is 0.339. The molecule has 0 spiro atoms. The van der Waals surface area contributed by atoms with Crippen LogP contribution in [-0.2, 0) is 6.54 Å². The number of carbonyl (C=O) groups excluding carboxylic acids is 2. The van der Waals surface area contributed by atoms with Crippen LogP contribution >= 0.6 is 0 Å². The van der Waals surface area contributed by atoms with Crippen molar-refractivity contribution in [2.75, 3.05) is 0 Å². The number of para-hydroxylation sites is 2. The van der Waals surface area contributed by atoms with Gasteiger partial charge in [0.25, 0.3) is 5.91 Å². The summed E-state index contributed by atoms with van der Waals surface area (Å²) in [5.74, 6) is -0.855. The molecule has 4 rings (SSSR count). The average molecular weight is 431 g/mol. The minimum absolute atomic E-state index is 0.00610. The van der Waals surface area contributed by atoms with Gasteiger partial charge in [-0.15, -0.1) is 0 Å². The van der Waals surface area contributed by atoms with Gasteiger partial charge in [-0.25, -0.2) is 9.37 Å². The highest BCUT2D eigenvalue weighted by molar-refractivity contribution is 6.60. The molecule has 0 bridgehead atoms. The van der Waals surface area contributed by atoms with Crippen molar-refractivity contribution in [1.29, 1.82) is 0 Å². The molecule has 1 unspecified atom stereocenters. The third-order valence-corrected chi connectivity index (χ3v) is 5.24. The molecule has 0 aliphatic rings. The Balaban J connectivity index is 1.65. The number of aromatic nitrogens is 2. The molecule has 0 radical (unpaired) electrons. The topological polar surface area (TPSA) is 104 Å². The fourth-order valence-electron chi connectivity index (χ4n) is 3.58. The number of nitrogens with one attached hydrogen (secondary N) is 1. The van der Waals surface area contributed by atoms with Crippen LogP contribution in [0.2, 0.25) is 0 Å². The number of rotatable bonds is 7. The Labute approximate surface area is 183 Å². The number of nitrogens with zero attached hydrogens (tertiary/aromatic N) is 2. The van der Waals surface area contributed by atoms with Crippen molar-refractivity contribution in [3.05, 3.63) is 95.6 Å². The zero-order chi connectivity index (χ0) is 22.7. The van der Waals surface area contributed by atoms with E-state index in [1.807, 2.05) is 28.8 Å². The zero-order valence-electron chi connectivity index (χ0n) is 16.9. The van der Waals surface area contributed by atoms with E-state index in [2.05, 4.69) is 10.3 Å². The smallest absolute Gasteiger partial charge is 0.423 e.